The second-order valence-electron chi connectivity index (χ2n) is 11.6. The number of β-amino-alcohol motifs (C(OH)–C–C–N with tert-alkyl or cyclic N) is 1. The van der Waals surface area contributed by atoms with Gasteiger partial charge < -0.3 is 15.3 Å². The zero-order valence-electron chi connectivity index (χ0n) is 21.5. The molecule has 1 saturated carbocycles. The minimum Gasteiger partial charge on any atom is -0.391 e. The van der Waals surface area contributed by atoms with Crippen molar-refractivity contribution in [3.05, 3.63) is 41.7 Å². The Labute approximate surface area is 217 Å². The number of fused-ring (bicyclic) bond motifs is 1. The molecule has 0 bridgehead atoms. The molecule has 1 aliphatic carbocycles. The minimum atomic E-state index is -3.32. The van der Waals surface area contributed by atoms with E-state index in [1.54, 1.807) is 28.9 Å². The summed E-state index contributed by atoms with van der Waals surface area (Å²) in [7, 11) is -3.32. The van der Waals surface area contributed by atoms with Gasteiger partial charge in [0.2, 0.25) is 11.8 Å². The van der Waals surface area contributed by atoms with Crippen LogP contribution in [-0.4, -0.2) is 76.2 Å². The van der Waals surface area contributed by atoms with Gasteiger partial charge in [-0.2, -0.15) is 0 Å². The van der Waals surface area contributed by atoms with E-state index in [1.165, 1.54) is 4.90 Å². The molecule has 0 radical (unpaired) electrons. The lowest BCUT2D eigenvalue weighted by molar-refractivity contribution is -0.144. The van der Waals surface area contributed by atoms with Crippen molar-refractivity contribution in [1.82, 2.24) is 25.2 Å². The van der Waals surface area contributed by atoms with Crippen LogP contribution in [0.25, 0.3) is 0 Å². The Hall–Kier alpha value is -2.79. The molecule has 1 aromatic carbocycles. The summed E-state index contributed by atoms with van der Waals surface area (Å²) < 4.78 is 26.5. The lowest BCUT2D eigenvalue weighted by Gasteiger charge is -2.34. The zero-order valence-corrected chi connectivity index (χ0v) is 22.3. The highest BCUT2D eigenvalue weighted by Crippen LogP contribution is 2.40. The van der Waals surface area contributed by atoms with E-state index in [4.69, 9.17) is 0 Å². The second kappa shape index (κ2) is 9.50. The summed E-state index contributed by atoms with van der Waals surface area (Å²) in [6.07, 6.45) is 3.74. The number of aliphatic hydroxyl groups is 1. The van der Waals surface area contributed by atoms with Gasteiger partial charge in [0.15, 0.2) is 9.84 Å². The number of benzene rings is 1. The Kier molecular flexibility index (Phi) is 6.64. The lowest BCUT2D eigenvalue weighted by atomic mass is 9.85. The summed E-state index contributed by atoms with van der Waals surface area (Å²) in [5, 5.41) is 21.9. The van der Waals surface area contributed by atoms with Crippen molar-refractivity contribution in [2.45, 2.75) is 81.4 Å². The van der Waals surface area contributed by atoms with E-state index in [-0.39, 0.29) is 43.0 Å². The molecule has 2 aromatic rings. The number of likely N-dealkylation sites (tertiary alicyclic amines) is 1. The van der Waals surface area contributed by atoms with Crippen LogP contribution in [0.2, 0.25) is 0 Å². The van der Waals surface area contributed by atoms with Crippen LogP contribution in [0.15, 0.2) is 35.4 Å². The highest BCUT2D eigenvalue weighted by molar-refractivity contribution is 7.91. The van der Waals surface area contributed by atoms with Gasteiger partial charge >= 0.3 is 0 Å². The highest BCUT2D eigenvalue weighted by atomic mass is 32.2. The fourth-order valence-corrected chi connectivity index (χ4v) is 7.24. The third-order valence-corrected chi connectivity index (χ3v) is 9.47. The van der Waals surface area contributed by atoms with Crippen LogP contribution < -0.4 is 5.32 Å². The number of carbonyl (C=O) groups excluding carboxylic acids is 2. The quantitative estimate of drug-likeness (QED) is 0.582. The van der Waals surface area contributed by atoms with E-state index in [9.17, 15) is 23.1 Å². The van der Waals surface area contributed by atoms with Crippen LogP contribution in [-0.2, 0) is 19.4 Å². The van der Waals surface area contributed by atoms with Crippen LogP contribution >= 0.6 is 0 Å². The standard InChI is InChI=1S/C26H35N5O5S/c1-26(2,3)23(31-15-20(28-29-31)16-8-9-16)25(34)30-14-18(32)12-21(30)24(33)27-13-17-10-11-37(35,36)22-7-5-4-6-19(17)22/h4-7,15-18,21,23,32H,8-14H2,1-3H3,(H,27,33)/t17?,18-,21+,23?/m1/s1. The molecule has 2 N–H and O–H groups in total. The molecule has 1 aromatic heterocycles. The van der Waals surface area contributed by atoms with Gasteiger partial charge in [-0.15, -0.1) is 5.10 Å². The molecule has 3 heterocycles. The first-order chi connectivity index (χ1) is 17.5. The molecule has 2 fully saturated rings. The first-order valence-electron chi connectivity index (χ1n) is 13.0. The minimum absolute atomic E-state index is 0.0331. The predicted molar refractivity (Wildman–Crippen MR) is 135 cm³/mol. The maximum Gasteiger partial charge on any atom is 0.248 e. The van der Waals surface area contributed by atoms with Gasteiger partial charge in [0, 0.05) is 37.5 Å². The van der Waals surface area contributed by atoms with Crippen LogP contribution in [0.1, 0.15) is 75.6 Å². The number of hydrogen-bond donors (Lipinski definition) is 2. The summed E-state index contributed by atoms with van der Waals surface area (Å²) in [4.78, 5) is 29.0. The number of nitrogens with zero attached hydrogens (tertiary/aromatic N) is 4. The smallest absolute Gasteiger partial charge is 0.248 e. The molecule has 2 unspecified atom stereocenters. The van der Waals surface area contributed by atoms with Gasteiger partial charge in [-0.25, -0.2) is 13.1 Å². The number of rotatable bonds is 6. The van der Waals surface area contributed by atoms with Gasteiger partial charge in [-0.3, -0.25) is 9.59 Å². The lowest BCUT2D eigenvalue weighted by Crippen LogP contribution is -2.51. The molecule has 0 spiro atoms. The molecule has 1 saturated heterocycles. The van der Waals surface area contributed by atoms with E-state index in [2.05, 4.69) is 15.6 Å². The van der Waals surface area contributed by atoms with E-state index in [0.717, 1.165) is 18.5 Å². The Morgan fingerprint density at radius 1 is 1.19 bits per heavy atom. The van der Waals surface area contributed by atoms with Crippen molar-refractivity contribution >= 4 is 21.7 Å². The average Bonchev–Trinajstić information content (AvgIpc) is 3.44. The van der Waals surface area contributed by atoms with Crippen LogP contribution in [0.5, 0.6) is 0 Å². The van der Waals surface area contributed by atoms with Crippen molar-refractivity contribution in [2.24, 2.45) is 5.41 Å². The van der Waals surface area contributed by atoms with E-state index < -0.39 is 33.4 Å². The third-order valence-electron chi connectivity index (χ3n) is 7.66. The molecule has 2 aliphatic heterocycles. The summed E-state index contributed by atoms with van der Waals surface area (Å²) >= 11 is 0. The monoisotopic (exact) mass is 529 g/mol. The van der Waals surface area contributed by atoms with Crippen molar-refractivity contribution in [2.75, 3.05) is 18.8 Å². The first kappa shape index (κ1) is 25.8. The Morgan fingerprint density at radius 2 is 1.92 bits per heavy atom. The maximum absolute atomic E-state index is 13.9. The molecule has 10 nitrogen and oxygen atoms in total. The largest absolute Gasteiger partial charge is 0.391 e. The molecule has 3 aliphatic rings. The van der Waals surface area contributed by atoms with Gasteiger partial charge in [-0.05, 0) is 36.3 Å². The van der Waals surface area contributed by atoms with Gasteiger partial charge in [0.05, 0.1) is 22.4 Å². The molecule has 4 atom stereocenters. The topological polar surface area (TPSA) is 134 Å². The number of hydrogen-bond acceptors (Lipinski definition) is 7. The number of aromatic nitrogens is 3. The average molecular weight is 530 g/mol. The molecule has 200 valence electrons. The van der Waals surface area contributed by atoms with Crippen molar-refractivity contribution in [1.29, 1.82) is 0 Å². The van der Waals surface area contributed by atoms with Gasteiger partial charge in [-0.1, -0.05) is 44.2 Å². The van der Waals surface area contributed by atoms with Crippen LogP contribution in [0, 0.1) is 5.41 Å². The highest BCUT2D eigenvalue weighted by Gasteiger charge is 2.45. The molecular weight excluding hydrogens is 494 g/mol. The summed E-state index contributed by atoms with van der Waals surface area (Å²) in [6, 6.07) is 5.41. The normalized spacial score (nSPS) is 25.9. The number of amides is 2. The van der Waals surface area contributed by atoms with Gasteiger partial charge in [0.1, 0.15) is 12.1 Å². The van der Waals surface area contributed by atoms with E-state index >= 15 is 0 Å². The predicted octanol–water partition coefficient (Wildman–Crippen LogP) is 1.78. The maximum atomic E-state index is 13.9. The number of aliphatic hydroxyl groups excluding tert-OH is 1. The molecule has 5 rings (SSSR count). The SMILES string of the molecule is CC(C)(C)C(C(=O)N1C[C@H](O)C[C@H]1C(=O)NCC1CCS(=O)(=O)c2ccccc21)n1cc(C2CC2)nn1. The number of nitrogens with one attached hydrogen (secondary N) is 1. The third kappa shape index (κ3) is 5.16. The van der Waals surface area contributed by atoms with Crippen LogP contribution in [0.4, 0.5) is 0 Å². The van der Waals surface area contributed by atoms with E-state index in [0.29, 0.717) is 22.8 Å². The first-order valence-corrected chi connectivity index (χ1v) is 14.6. The summed E-state index contributed by atoms with van der Waals surface area (Å²) in [6.45, 7) is 6.17. The second-order valence-corrected chi connectivity index (χ2v) is 13.7. The Balaban J connectivity index is 1.32. The van der Waals surface area contributed by atoms with Crippen molar-refractivity contribution in [3.8, 4) is 0 Å². The number of carbonyl (C=O) groups is 2. The van der Waals surface area contributed by atoms with E-state index in [1.807, 2.05) is 27.0 Å². The van der Waals surface area contributed by atoms with Gasteiger partial charge in [0.25, 0.3) is 0 Å². The molecule has 2 amide bonds. The summed E-state index contributed by atoms with van der Waals surface area (Å²) in [5.74, 6) is -0.328. The Morgan fingerprint density at radius 3 is 2.62 bits per heavy atom. The fourth-order valence-electron chi connectivity index (χ4n) is 5.54. The number of sulfone groups is 1. The molecular formula is C26H35N5O5S. The fraction of sp³-hybridized carbons (Fsp3) is 0.615. The van der Waals surface area contributed by atoms with Crippen molar-refractivity contribution < 1.29 is 23.1 Å². The Bertz CT molecular complexity index is 1300. The zero-order chi connectivity index (χ0) is 26.5. The van der Waals surface area contributed by atoms with Crippen molar-refractivity contribution in [3.63, 3.8) is 0 Å². The molecule has 11 heteroatoms. The molecule has 37 heavy (non-hydrogen) atoms. The van der Waals surface area contributed by atoms with Crippen LogP contribution in [0.3, 0.4) is 0 Å². The summed E-state index contributed by atoms with van der Waals surface area (Å²) in [5.41, 5.74) is 1.09.